The molecule has 0 aliphatic heterocycles. The molecule has 1 aliphatic carbocycles. The maximum absolute atomic E-state index is 5.91. The van der Waals surface area contributed by atoms with Gasteiger partial charge in [-0.15, -0.1) is 0 Å². The first kappa shape index (κ1) is 13.6. The zero-order valence-electron chi connectivity index (χ0n) is 11.7. The van der Waals surface area contributed by atoms with Gasteiger partial charge in [0.05, 0.1) is 6.20 Å². The number of hydrogen-bond acceptors (Lipinski definition) is 3. The van der Waals surface area contributed by atoms with Gasteiger partial charge < -0.3 is 9.73 Å². The molecule has 2 atom stereocenters. The van der Waals surface area contributed by atoms with E-state index in [0.29, 0.717) is 5.92 Å². The highest BCUT2D eigenvalue weighted by Crippen LogP contribution is 2.39. The minimum Gasteiger partial charge on any atom is -0.445 e. The van der Waals surface area contributed by atoms with Crippen molar-refractivity contribution in [3.05, 3.63) is 17.8 Å². The fourth-order valence-corrected chi connectivity index (χ4v) is 2.85. The number of nitrogens with one attached hydrogen (secondary N) is 1. The highest BCUT2D eigenvalue weighted by atomic mass is 16.4. The number of hydrogen-bond donors (Lipinski definition) is 1. The summed E-state index contributed by atoms with van der Waals surface area (Å²) in [6.45, 7) is 6.69. The van der Waals surface area contributed by atoms with Gasteiger partial charge >= 0.3 is 0 Å². The predicted octanol–water partition coefficient (Wildman–Crippen LogP) is 3.51. The molecular formula is C15H26N2O. The highest BCUT2D eigenvalue weighted by molar-refractivity contribution is 5.05. The zero-order chi connectivity index (χ0) is 12.8. The first-order valence-corrected chi connectivity index (χ1v) is 7.46. The first-order chi connectivity index (χ1) is 8.81. The van der Waals surface area contributed by atoms with Gasteiger partial charge in [0.25, 0.3) is 0 Å². The molecule has 1 heterocycles. The summed E-state index contributed by atoms with van der Waals surface area (Å²) in [5, 5.41) is 3.40. The van der Waals surface area contributed by atoms with E-state index >= 15 is 0 Å². The molecule has 1 aromatic heterocycles. The largest absolute Gasteiger partial charge is 0.445 e. The standard InChI is InChI=1S/C15H26N2O/c1-3-9-16-10-5-8-15-17-11-14(18-15)13-7-4-6-12(13)2/h11-13,16H,3-10H2,1-2H3. The van der Waals surface area contributed by atoms with Crippen LogP contribution in [0.25, 0.3) is 0 Å². The summed E-state index contributed by atoms with van der Waals surface area (Å²) >= 11 is 0. The molecule has 18 heavy (non-hydrogen) atoms. The smallest absolute Gasteiger partial charge is 0.194 e. The lowest BCUT2D eigenvalue weighted by Crippen LogP contribution is -2.16. The molecule has 0 spiro atoms. The molecule has 1 saturated carbocycles. The van der Waals surface area contributed by atoms with Crippen LogP contribution in [-0.4, -0.2) is 18.1 Å². The van der Waals surface area contributed by atoms with Gasteiger partial charge in [-0.1, -0.05) is 20.3 Å². The summed E-state index contributed by atoms with van der Waals surface area (Å²) in [4.78, 5) is 4.42. The van der Waals surface area contributed by atoms with Gasteiger partial charge in [-0.2, -0.15) is 0 Å². The third-order valence-corrected chi connectivity index (χ3v) is 3.97. The number of oxazole rings is 1. The Bertz CT molecular complexity index is 348. The third-order valence-electron chi connectivity index (χ3n) is 3.97. The summed E-state index contributed by atoms with van der Waals surface area (Å²) in [5.41, 5.74) is 0. The monoisotopic (exact) mass is 250 g/mol. The fraction of sp³-hybridized carbons (Fsp3) is 0.800. The minimum atomic E-state index is 0.615. The zero-order valence-corrected chi connectivity index (χ0v) is 11.7. The Morgan fingerprint density at radius 1 is 1.39 bits per heavy atom. The van der Waals surface area contributed by atoms with Crippen molar-refractivity contribution in [2.45, 2.75) is 58.3 Å². The Morgan fingerprint density at radius 3 is 3.00 bits per heavy atom. The molecule has 3 heteroatoms. The van der Waals surface area contributed by atoms with Crippen molar-refractivity contribution in [1.29, 1.82) is 0 Å². The van der Waals surface area contributed by atoms with Gasteiger partial charge in [0.1, 0.15) is 5.76 Å². The lowest BCUT2D eigenvalue weighted by Gasteiger charge is -2.10. The molecule has 0 aromatic carbocycles. The molecule has 1 fully saturated rings. The van der Waals surface area contributed by atoms with Crippen molar-refractivity contribution < 1.29 is 4.42 Å². The van der Waals surface area contributed by atoms with E-state index in [1.165, 1.54) is 25.7 Å². The normalized spacial score (nSPS) is 23.7. The number of rotatable bonds is 7. The topological polar surface area (TPSA) is 38.1 Å². The summed E-state index contributed by atoms with van der Waals surface area (Å²) in [6.07, 6.45) is 9.17. The van der Waals surface area contributed by atoms with E-state index in [-0.39, 0.29) is 0 Å². The fourth-order valence-electron chi connectivity index (χ4n) is 2.85. The maximum atomic E-state index is 5.91. The molecule has 2 unspecified atom stereocenters. The van der Waals surface area contributed by atoms with E-state index in [1.807, 2.05) is 6.20 Å². The lowest BCUT2D eigenvalue weighted by atomic mass is 9.96. The van der Waals surface area contributed by atoms with Crippen molar-refractivity contribution in [3.8, 4) is 0 Å². The Kier molecular flexibility index (Phi) is 5.24. The van der Waals surface area contributed by atoms with Crippen LogP contribution in [0.4, 0.5) is 0 Å². The Labute approximate surface area is 110 Å². The van der Waals surface area contributed by atoms with E-state index in [1.54, 1.807) is 0 Å². The molecule has 1 aliphatic rings. The SMILES string of the molecule is CCCNCCCc1ncc(C2CCCC2C)o1. The quantitative estimate of drug-likeness (QED) is 0.753. The number of aromatic nitrogens is 1. The van der Waals surface area contributed by atoms with Crippen LogP contribution in [0, 0.1) is 5.92 Å². The molecular weight excluding hydrogens is 224 g/mol. The Balaban J connectivity index is 1.75. The predicted molar refractivity (Wildman–Crippen MR) is 73.7 cm³/mol. The van der Waals surface area contributed by atoms with E-state index < -0.39 is 0 Å². The van der Waals surface area contributed by atoms with Crippen LogP contribution >= 0.6 is 0 Å². The Morgan fingerprint density at radius 2 is 2.28 bits per heavy atom. The second kappa shape index (κ2) is 6.93. The molecule has 1 N–H and O–H groups in total. The van der Waals surface area contributed by atoms with Gasteiger partial charge in [0.2, 0.25) is 0 Å². The van der Waals surface area contributed by atoms with Crippen LogP contribution in [0.15, 0.2) is 10.6 Å². The van der Waals surface area contributed by atoms with Crippen molar-refractivity contribution in [2.24, 2.45) is 5.92 Å². The summed E-state index contributed by atoms with van der Waals surface area (Å²) in [6, 6.07) is 0. The summed E-state index contributed by atoms with van der Waals surface area (Å²) in [7, 11) is 0. The van der Waals surface area contributed by atoms with Crippen LogP contribution in [0.3, 0.4) is 0 Å². The third kappa shape index (κ3) is 3.58. The van der Waals surface area contributed by atoms with Crippen molar-refractivity contribution in [1.82, 2.24) is 10.3 Å². The van der Waals surface area contributed by atoms with E-state index in [9.17, 15) is 0 Å². The van der Waals surface area contributed by atoms with Gasteiger partial charge in [0.15, 0.2) is 5.89 Å². The Hall–Kier alpha value is -0.830. The molecule has 0 saturated heterocycles. The van der Waals surface area contributed by atoms with E-state index in [4.69, 9.17) is 4.42 Å². The van der Waals surface area contributed by atoms with E-state index in [0.717, 1.165) is 43.5 Å². The minimum absolute atomic E-state index is 0.615. The average Bonchev–Trinajstić information content (AvgIpc) is 2.97. The van der Waals surface area contributed by atoms with Gasteiger partial charge in [0, 0.05) is 12.3 Å². The van der Waals surface area contributed by atoms with E-state index in [2.05, 4.69) is 24.1 Å². The van der Waals surface area contributed by atoms with Crippen LogP contribution in [0.2, 0.25) is 0 Å². The summed E-state index contributed by atoms with van der Waals surface area (Å²) in [5.74, 6) is 3.42. The van der Waals surface area contributed by atoms with Crippen LogP contribution in [0.5, 0.6) is 0 Å². The lowest BCUT2D eigenvalue weighted by molar-refractivity contribution is 0.386. The average molecular weight is 250 g/mol. The second-order valence-corrected chi connectivity index (χ2v) is 5.52. The first-order valence-electron chi connectivity index (χ1n) is 7.46. The van der Waals surface area contributed by atoms with Crippen molar-refractivity contribution in [2.75, 3.05) is 13.1 Å². The second-order valence-electron chi connectivity index (χ2n) is 5.52. The van der Waals surface area contributed by atoms with Crippen LogP contribution in [-0.2, 0) is 6.42 Å². The number of aryl methyl sites for hydroxylation is 1. The maximum Gasteiger partial charge on any atom is 0.194 e. The summed E-state index contributed by atoms with van der Waals surface area (Å²) < 4.78 is 5.91. The van der Waals surface area contributed by atoms with Gasteiger partial charge in [-0.3, -0.25) is 0 Å². The van der Waals surface area contributed by atoms with Crippen LogP contribution < -0.4 is 5.32 Å². The van der Waals surface area contributed by atoms with Crippen molar-refractivity contribution in [3.63, 3.8) is 0 Å². The van der Waals surface area contributed by atoms with Gasteiger partial charge in [-0.05, 0) is 44.7 Å². The molecule has 2 rings (SSSR count). The molecule has 0 amide bonds. The van der Waals surface area contributed by atoms with Crippen LogP contribution in [0.1, 0.15) is 63.5 Å². The number of nitrogens with zero attached hydrogens (tertiary/aromatic N) is 1. The molecule has 3 nitrogen and oxygen atoms in total. The van der Waals surface area contributed by atoms with Gasteiger partial charge in [-0.25, -0.2) is 4.98 Å². The molecule has 1 aromatic rings. The van der Waals surface area contributed by atoms with Crippen molar-refractivity contribution >= 4 is 0 Å². The molecule has 0 bridgehead atoms. The molecule has 0 radical (unpaired) electrons. The molecule has 102 valence electrons. The highest BCUT2D eigenvalue weighted by Gasteiger charge is 2.27.